The number of rotatable bonds is 4. The zero-order valence-electron chi connectivity index (χ0n) is 16.5. The van der Waals surface area contributed by atoms with Crippen molar-refractivity contribution in [3.05, 3.63) is 47.2 Å². The summed E-state index contributed by atoms with van der Waals surface area (Å²) in [6, 6.07) is 3.88. The Morgan fingerprint density at radius 3 is 2.86 bits per heavy atom. The first-order valence-corrected chi connectivity index (χ1v) is 9.84. The molecular weight excluding hydrogens is 378 g/mol. The van der Waals surface area contributed by atoms with Crippen LogP contribution in [-0.4, -0.2) is 41.9 Å². The molecule has 6 nitrogen and oxygen atoms in total. The molecule has 0 aromatic heterocycles. The third-order valence-corrected chi connectivity index (χ3v) is 5.78. The molecular formula is C21H24F2N4O2. The highest BCUT2D eigenvalue weighted by atomic mass is 19.2. The van der Waals surface area contributed by atoms with Gasteiger partial charge in [-0.15, -0.1) is 0 Å². The summed E-state index contributed by atoms with van der Waals surface area (Å²) >= 11 is 0. The first-order valence-electron chi connectivity index (χ1n) is 9.84. The number of hydrogen-bond donors (Lipinski definition) is 1. The third-order valence-electron chi connectivity index (χ3n) is 5.78. The summed E-state index contributed by atoms with van der Waals surface area (Å²) in [5.74, 6) is -1.48. The number of aliphatic imine (C=N–C) groups is 2. The van der Waals surface area contributed by atoms with Crippen LogP contribution >= 0.6 is 0 Å². The summed E-state index contributed by atoms with van der Waals surface area (Å²) in [4.78, 5) is 23.8. The molecule has 29 heavy (non-hydrogen) atoms. The zero-order valence-corrected chi connectivity index (χ0v) is 16.5. The summed E-state index contributed by atoms with van der Waals surface area (Å²) in [6.45, 7) is 2.19. The molecule has 1 saturated heterocycles. The van der Waals surface area contributed by atoms with Crippen molar-refractivity contribution in [3.8, 4) is 0 Å². The topological polar surface area (TPSA) is 66.3 Å². The van der Waals surface area contributed by atoms with Gasteiger partial charge in [-0.05, 0) is 37.5 Å². The number of ether oxygens (including phenoxy) is 1. The predicted octanol–water partition coefficient (Wildman–Crippen LogP) is 3.14. The first-order chi connectivity index (χ1) is 14.0. The van der Waals surface area contributed by atoms with Crippen molar-refractivity contribution in [2.24, 2.45) is 15.9 Å². The van der Waals surface area contributed by atoms with Crippen LogP contribution in [-0.2, 0) is 16.1 Å². The van der Waals surface area contributed by atoms with E-state index in [4.69, 9.17) is 9.73 Å². The normalized spacial score (nSPS) is 28.1. The second kappa shape index (κ2) is 8.02. The number of dihydropyridines is 1. The second-order valence-corrected chi connectivity index (χ2v) is 7.64. The van der Waals surface area contributed by atoms with Crippen molar-refractivity contribution in [1.29, 1.82) is 0 Å². The number of methoxy groups -OCH3 is 1. The second-order valence-electron chi connectivity index (χ2n) is 7.64. The molecule has 1 N–H and O–H groups in total. The predicted molar refractivity (Wildman–Crippen MR) is 105 cm³/mol. The maximum Gasteiger partial charge on any atom is 0.231 e. The monoisotopic (exact) mass is 402 g/mol. The number of fused-ring (bicyclic) bond motifs is 1. The fraction of sp³-hybridized carbons (Fsp3) is 0.476. The van der Waals surface area contributed by atoms with Gasteiger partial charge >= 0.3 is 0 Å². The van der Waals surface area contributed by atoms with E-state index in [0.29, 0.717) is 30.2 Å². The van der Waals surface area contributed by atoms with Gasteiger partial charge in [-0.25, -0.2) is 13.8 Å². The van der Waals surface area contributed by atoms with Gasteiger partial charge in [0.1, 0.15) is 0 Å². The van der Waals surface area contributed by atoms with Crippen molar-refractivity contribution in [3.63, 3.8) is 0 Å². The summed E-state index contributed by atoms with van der Waals surface area (Å²) < 4.78 is 32.3. The zero-order chi connectivity index (χ0) is 20.5. The molecule has 8 heteroatoms. The van der Waals surface area contributed by atoms with E-state index in [-0.39, 0.29) is 24.1 Å². The van der Waals surface area contributed by atoms with Gasteiger partial charge in [0.2, 0.25) is 11.9 Å². The number of halogens is 2. The van der Waals surface area contributed by atoms with Gasteiger partial charge in [0.15, 0.2) is 17.9 Å². The van der Waals surface area contributed by atoms with Crippen LogP contribution < -0.4 is 5.32 Å². The van der Waals surface area contributed by atoms with Crippen molar-refractivity contribution in [2.45, 2.75) is 51.4 Å². The van der Waals surface area contributed by atoms with Gasteiger partial charge in [0.25, 0.3) is 0 Å². The van der Waals surface area contributed by atoms with Gasteiger partial charge in [0, 0.05) is 26.1 Å². The number of nitrogens with zero attached hydrogens (tertiary/aromatic N) is 3. The smallest absolute Gasteiger partial charge is 0.231 e. The van der Waals surface area contributed by atoms with Crippen LogP contribution in [0.4, 0.5) is 8.78 Å². The molecule has 1 amide bonds. The highest BCUT2D eigenvalue weighted by Gasteiger charge is 2.43. The third kappa shape index (κ3) is 3.94. The maximum absolute atomic E-state index is 13.7. The molecule has 1 saturated carbocycles. The van der Waals surface area contributed by atoms with E-state index in [9.17, 15) is 13.6 Å². The van der Waals surface area contributed by atoms with Crippen LogP contribution in [0.25, 0.3) is 0 Å². The fourth-order valence-electron chi connectivity index (χ4n) is 4.25. The number of benzene rings is 1. The molecule has 3 unspecified atom stereocenters. The average molecular weight is 402 g/mol. The Labute approximate surface area is 168 Å². The summed E-state index contributed by atoms with van der Waals surface area (Å²) in [7, 11) is 1.61. The average Bonchev–Trinajstić information content (AvgIpc) is 3.19. The number of allylic oxidation sites excluding steroid dienone is 1. The number of carbonyl (C=O) groups excluding carboxylic acids is 1. The van der Waals surface area contributed by atoms with Crippen LogP contribution in [0, 0.1) is 17.6 Å². The summed E-state index contributed by atoms with van der Waals surface area (Å²) in [6.07, 6.45) is 4.94. The van der Waals surface area contributed by atoms with Crippen LogP contribution in [0.3, 0.4) is 0 Å². The number of guanidine groups is 1. The van der Waals surface area contributed by atoms with E-state index >= 15 is 0 Å². The van der Waals surface area contributed by atoms with E-state index in [1.54, 1.807) is 13.2 Å². The number of amides is 1. The molecule has 0 bridgehead atoms. The lowest BCUT2D eigenvalue weighted by molar-refractivity contribution is -0.126. The highest BCUT2D eigenvalue weighted by Crippen LogP contribution is 2.34. The van der Waals surface area contributed by atoms with Crippen molar-refractivity contribution in [1.82, 2.24) is 10.2 Å². The molecule has 1 aromatic carbocycles. The molecule has 1 aliphatic carbocycles. The Bertz CT molecular complexity index is 912. The van der Waals surface area contributed by atoms with Crippen LogP contribution in [0.2, 0.25) is 0 Å². The number of nitrogens with one attached hydrogen (secondary N) is 1. The Morgan fingerprint density at radius 2 is 2.14 bits per heavy atom. The SMILES string of the molecule is COC1CC=C(N=C2NC(=O)C3CCCC3N2Cc2ccc(F)c(F)c2)C(C)=N1. The van der Waals surface area contributed by atoms with E-state index in [2.05, 4.69) is 10.3 Å². The minimum absolute atomic E-state index is 0.0104. The van der Waals surface area contributed by atoms with Crippen molar-refractivity contribution >= 4 is 17.6 Å². The minimum atomic E-state index is -0.881. The lowest BCUT2D eigenvalue weighted by Crippen LogP contribution is -2.58. The summed E-state index contributed by atoms with van der Waals surface area (Å²) in [5, 5.41) is 2.92. The van der Waals surface area contributed by atoms with Gasteiger partial charge in [-0.1, -0.05) is 18.6 Å². The van der Waals surface area contributed by atoms with E-state index < -0.39 is 11.6 Å². The molecule has 2 heterocycles. The largest absolute Gasteiger partial charge is 0.359 e. The summed E-state index contributed by atoms with van der Waals surface area (Å²) in [5.41, 5.74) is 2.03. The molecule has 4 rings (SSSR count). The molecule has 2 fully saturated rings. The Kier molecular flexibility index (Phi) is 5.45. The van der Waals surface area contributed by atoms with Gasteiger partial charge < -0.3 is 9.64 Å². The Hall–Kier alpha value is -2.61. The fourth-order valence-corrected chi connectivity index (χ4v) is 4.25. The van der Waals surface area contributed by atoms with Crippen molar-refractivity contribution < 1.29 is 18.3 Å². The molecule has 1 aromatic rings. The molecule has 0 radical (unpaired) electrons. The Morgan fingerprint density at radius 1 is 1.31 bits per heavy atom. The molecule has 2 aliphatic heterocycles. The number of carbonyl (C=O) groups is 1. The molecule has 3 atom stereocenters. The maximum atomic E-state index is 13.7. The van der Waals surface area contributed by atoms with Crippen LogP contribution in [0.15, 0.2) is 40.0 Å². The minimum Gasteiger partial charge on any atom is -0.359 e. The molecule has 0 spiro atoms. The van der Waals surface area contributed by atoms with Gasteiger partial charge in [0.05, 0.1) is 17.3 Å². The van der Waals surface area contributed by atoms with Crippen LogP contribution in [0.5, 0.6) is 0 Å². The van der Waals surface area contributed by atoms with E-state index in [1.807, 2.05) is 17.9 Å². The first kappa shape index (κ1) is 19.7. The lowest BCUT2D eigenvalue weighted by Gasteiger charge is -2.39. The molecule has 3 aliphatic rings. The quantitative estimate of drug-likeness (QED) is 0.842. The van der Waals surface area contributed by atoms with Crippen LogP contribution in [0.1, 0.15) is 38.2 Å². The van der Waals surface area contributed by atoms with Crippen molar-refractivity contribution in [2.75, 3.05) is 7.11 Å². The lowest BCUT2D eigenvalue weighted by atomic mass is 9.98. The standard InChI is InChI=1S/C21H24F2N4O2/c1-12-17(8-9-19(24-12)29-2)25-21-26-20(28)14-4-3-5-18(14)27(21)11-13-6-7-15(22)16(23)10-13/h6-8,10,14,18-19H,3-5,9,11H2,1-2H3,(H,25,26,28). The molecule has 154 valence electrons. The van der Waals surface area contributed by atoms with Gasteiger partial charge in [-0.3, -0.25) is 15.1 Å². The highest BCUT2D eigenvalue weighted by molar-refractivity contribution is 6.05. The number of hydrogen-bond acceptors (Lipinski definition) is 4. The Balaban J connectivity index is 1.66. The van der Waals surface area contributed by atoms with E-state index in [0.717, 1.165) is 31.0 Å². The van der Waals surface area contributed by atoms with Gasteiger partial charge in [-0.2, -0.15) is 0 Å². The van der Waals surface area contributed by atoms with E-state index in [1.165, 1.54) is 6.07 Å².